The average molecular weight is 297 g/mol. The Balaban J connectivity index is 2.19. The summed E-state index contributed by atoms with van der Waals surface area (Å²) in [6.07, 6.45) is 0.841. The number of hydrogen-bond donors (Lipinski definition) is 2. The van der Waals surface area contributed by atoms with Crippen molar-refractivity contribution in [2.75, 3.05) is 32.1 Å². The van der Waals surface area contributed by atoms with Crippen LogP contribution in [0.5, 0.6) is 0 Å². The molecule has 2 rings (SSSR count). The largest absolute Gasteiger partial charge is 0.386 e. The molecule has 0 radical (unpaired) electrons. The number of benzene rings is 1. The third-order valence-electron chi connectivity index (χ3n) is 3.37. The van der Waals surface area contributed by atoms with E-state index in [9.17, 15) is 19.3 Å². The van der Waals surface area contributed by atoms with Crippen molar-refractivity contribution < 1.29 is 18.8 Å². The molecular weight excluding hydrogens is 281 g/mol. The van der Waals surface area contributed by atoms with Gasteiger partial charge in [-0.15, -0.1) is 0 Å². The van der Waals surface area contributed by atoms with Crippen LogP contribution < -0.4 is 10.6 Å². The molecule has 1 aliphatic rings. The van der Waals surface area contributed by atoms with Gasteiger partial charge in [0.2, 0.25) is 0 Å². The van der Waals surface area contributed by atoms with E-state index < -0.39 is 22.3 Å². The molecule has 0 bridgehead atoms. The van der Waals surface area contributed by atoms with Crippen LogP contribution >= 0.6 is 0 Å². The van der Waals surface area contributed by atoms with Gasteiger partial charge in [-0.2, -0.15) is 0 Å². The summed E-state index contributed by atoms with van der Waals surface area (Å²) < 4.78 is 18.8. The summed E-state index contributed by atoms with van der Waals surface area (Å²) in [7, 11) is 1.47. The summed E-state index contributed by atoms with van der Waals surface area (Å²) in [5.41, 5.74) is -0.675. The molecule has 0 spiro atoms. The van der Waals surface area contributed by atoms with Crippen LogP contribution in [-0.4, -0.2) is 37.6 Å². The van der Waals surface area contributed by atoms with E-state index in [1.807, 2.05) is 0 Å². The smallest absolute Gasteiger partial charge is 0.285 e. The summed E-state index contributed by atoms with van der Waals surface area (Å²) in [6.45, 7) is 1.59. The van der Waals surface area contributed by atoms with E-state index in [2.05, 4.69) is 10.6 Å². The maximum absolute atomic E-state index is 13.6. The Hall–Kier alpha value is -2.22. The monoisotopic (exact) mass is 297 g/mol. The average Bonchev–Trinajstić information content (AvgIpc) is 2.97. The molecule has 1 saturated heterocycles. The third kappa shape index (κ3) is 3.46. The van der Waals surface area contributed by atoms with Crippen LogP contribution in [0.4, 0.5) is 15.8 Å². The van der Waals surface area contributed by atoms with Gasteiger partial charge in [-0.3, -0.25) is 14.9 Å². The first-order valence-electron chi connectivity index (χ1n) is 6.54. The van der Waals surface area contributed by atoms with Gasteiger partial charge < -0.3 is 15.4 Å². The highest BCUT2D eigenvalue weighted by Crippen LogP contribution is 2.26. The molecule has 0 aliphatic carbocycles. The molecule has 2 N–H and O–H groups in total. The third-order valence-corrected chi connectivity index (χ3v) is 3.37. The molecule has 21 heavy (non-hydrogen) atoms. The minimum absolute atomic E-state index is 0.0370. The Bertz CT molecular complexity index is 559. The molecule has 8 heteroatoms. The van der Waals surface area contributed by atoms with Gasteiger partial charge in [0, 0.05) is 26.1 Å². The van der Waals surface area contributed by atoms with Crippen LogP contribution in [0.15, 0.2) is 12.1 Å². The minimum atomic E-state index is -0.773. The van der Waals surface area contributed by atoms with E-state index in [1.54, 1.807) is 0 Å². The second-order valence-electron chi connectivity index (χ2n) is 4.80. The standard InChI is InChI=1S/C13H16FN3O4/c1-15-11-4-9(12(17(19)20)5-10(11)14)13(18)16-6-8-2-3-21-7-8/h4-5,8,15H,2-3,6-7H2,1H3,(H,16,18). The number of carbonyl (C=O) groups is 1. The highest BCUT2D eigenvalue weighted by Gasteiger charge is 2.24. The van der Waals surface area contributed by atoms with Gasteiger partial charge in [-0.25, -0.2) is 4.39 Å². The molecule has 1 heterocycles. The zero-order chi connectivity index (χ0) is 15.4. The molecule has 1 aromatic rings. The predicted octanol–water partition coefficient (Wildman–Crippen LogP) is 1.54. The van der Waals surface area contributed by atoms with Gasteiger partial charge in [-0.05, 0) is 12.5 Å². The summed E-state index contributed by atoms with van der Waals surface area (Å²) in [6, 6.07) is 1.90. The molecule has 114 valence electrons. The van der Waals surface area contributed by atoms with Crippen molar-refractivity contribution in [2.24, 2.45) is 5.92 Å². The summed E-state index contributed by atoms with van der Waals surface area (Å²) in [5.74, 6) is -1.16. The van der Waals surface area contributed by atoms with Gasteiger partial charge in [0.1, 0.15) is 5.56 Å². The Kier molecular flexibility index (Phi) is 4.69. The van der Waals surface area contributed by atoms with Crippen molar-refractivity contribution in [3.05, 3.63) is 33.6 Å². The first-order chi connectivity index (χ1) is 10.0. The zero-order valence-electron chi connectivity index (χ0n) is 11.5. The molecule has 1 amide bonds. The van der Waals surface area contributed by atoms with Gasteiger partial charge >= 0.3 is 0 Å². The number of nitrogens with zero attached hydrogens (tertiary/aromatic N) is 1. The Morgan fingerprint density at radius 2 is 2.33 bits per heavy atom. The highest BCUT2D eigenvalue weighted by atomic mass is 19.1. The number of rotatable bonds is 5. The number of amides is 1. The molecule has 0 aromatic heterocycles. The fourth-order valence-corrected chi connectivity index (χ4v) is 2.16. The minimum Gasteiger partial charge on any atom is -0.386 e. The van der Waals surface area contributed by atoms with Crippen LogP contribution in [0.25, 0.3) is 0 Å². The number of anilines is 1. The van der Waals surface area contributed by atoms with Crippen LogP contribution in [-0.2, 0) is 4.74 Å². The second-order valence-corrected chi connectivity index (χ2v) is 4.80. The molecule has 1 aliphatic heterocycles. The van der Waals surface area contributed by atoms with Crippen molar-refractivity contribution in [1.82, 2.24) is 5.32 Å². The van der Waals surface area contributed by atoms with Gasteiger partial charge in [0.05, 0.1) is 23.3 Å². The predicted molar refractivity (Wildman–Crippen MR) is 73.9 cm³/mol. The van der Waals surface area contributed by atoms with Crippen molar-refractivity contribution in [2.45, 2.75) is 6.42 Å². The number of hydrogen-bond acceptors (Lipinski definition) is 5. The van der Waals surface area contributed by atoms with Crippen LogP contribution in [0.3, 0.4) is 0 Å². The maximum atomic E-state index is 13.6. The molecule has 1 unspecified atom stereocenters. The second kappa shape index (κ2) is 6.49. The first kappa shape index (κ1) is 15.2. The summed E-state index contributed by atoms with van der Waals surface area (Å²) in [5, 5.41) is 16.1. The molecule has 1 fully saturated rings. The first-order valence-corrected chi connectivity index (χ1v) is 6.54. The number of nitro groups is 1. The Morgan fingerprint density at radius 1 is 1.57 bits per heavy atom. The number of ether oxygens (including phenoxy) is 1. The number of nitro benzene ring substituents is 1. The van der Waals surface area contributed by atoms with E-state index in [1.165, 1.54) is 7.05 Å². The van der Waals surface area contributed by atoms with E-state index in [4.69, 9.17) is 4.74 Å². The SMILES string of the molecule is CNc1cc(C(=O)NCC2CCOC2)c([N+](=O)[O-])cc1F. The lowest BCUT2D eigenvalue weighted by Gasteiger charge is -2.11. The fourth-order valence-electron chi connectivity index (χ4n) is 2.16. The molecule has 0 saturated carbocycles. The lowest BCUT2D eigenvalue weighted by molar-refractivity contribution is -0.385. The quantitative estimate of drug-likeness (QED) is 0.635. The normalized spacial score (nSPS) is 17.5. The van der Waals surface area contributed by atoms with E-state index in [0.717, 1.165) is 18.6 Å². The van der Waals surface area contributed by atoms with Gasteiger partial charge in [-0.1, -0.05) is 0 Å². The topological polar surface area (TPSA) is 93.5 Å². The number of carbonyl (C=O) groups excluding carboxylic acids is 1. The fraction of sp³-hybridized carbons (Fsp3) is 0.462. The van der Waals surface area contributed by atoms with Crippen molar-refractivity contribution in [3.8, 4) is 0 Å². The van der Waals surface area contributed by atoms with E-state index in [-0.39, 0.29) is 17.2 Å². The molecule has 1 atom stereocenters. The molecule has 1 aromatic carbocycles. The Morgan fingerprint density at radius 3 is 2.90 bits per heavy atom. The molecule has 7 nitrogen and oxygen atoms in total. The maximum Gasteiger partial charge on any atom is 0.285 e. The van der Waals surface area contributed by atoms with Crippen molar-refractivity contribution in [1.29, 1.82) is 0 Å². The lowest BCUT2D eigenvalue weighted by Crippen LogP contribution is -2.30. The summed E-state index contributed by atoms with van der Waals surface area (Å²) >= 11 is 0. The van der Waals surface area contributed by atoms with E-state index in [0.29, 0.717) is 19.8 Å². The molecular formula is C13H16FN3O4. The van der Waals surface area contributed by atoms with Crippen LogP contribution in [0.1, 0.15) is 16.8 Å². The lowest BCUT2D eigenvalue weighted by atomic mass is 10.1. The number of nitrogens with one attached hydrogen (secondary N) is 2. The van der Waals surface area contributed by atoms with Crippen LogP contribution in [0, 0.1) is 21.8 Å². The van der Waals surface area contributed by atoms with Gasteiger partial charge in [0.15, 0.2) is 5.82 Å². The van der Waals surface area contributed by atoms with E-state index >= 15 is 0 Å². The zero-order valence-corrected chi connectivity index (χ0v) is 11.5. The van der Waals surface area contributed by atoms with Crippen molar-refractivity contribution in [3.63, 3.8) is 0 Å². The van der Waals surface area contributed by atoms with Crippen LogP contribution in [0.2, 0.25) is 0 Å². The Labute approximate surface area is 120 Å². The summed E-state index contributed by atoms with van der Waals surface area (Å²) in [4.78, 5) is 22.3. The number of halogens is 1. The van der Waals surface area contributed by atoms with Crippen molar-refractivity contribution >= 4 is 17.3 Å². The highest BCUT2D eigenvalue weighted by molar-refractivity contribution is 5.99. The van der Waals surface area contributed by atoms with Gasteiger partial charge in [0.25, 0.3) is 11.6 Å².